The Kier molecular flexibility index (Phi) is 2.64. The lowest BCUT2D eigenvalue weighted by Gasteiger charge is -2.05. The molecule has 2 aromatic rings. The van der Waals surface area contributed by atoms with Crippen LogP contribution in [0.2, 0.25) is 10.0 Å². The fraction of sp³-hybridized carbons (Fsp3) is 0.111. The Bertz CT molecular complexity index is 479. The average Bonchev–Trinajstić information content (AvgIpc) is 2.51. The summed E-state index contributed by atoms with van der Waals surface area (Å²) in [6, 6.07) is 2.97. The van der Waals surface area contributed by atoms with Crippen LogP contribution in [0.5, 0.6) is 0 Å². The second-order valence-corrected chi connectivity index (χ2v) is 4.45. The fourth-order valence-corrected chi connectivity index (χ4v) is 2.82. The first-order valence-electron chi connectivity index (χ1n) is 3.74. The summed E-state index contributed by atoms with van der Waals surface area (Å²) in [4.78, 5) is 0. The summed E-state index contributed by atoms with van der Waals surface area (Å²) in [6.07, 6.45) is -2.57. The van der Waals surface area contributed by atoms with E-state index in [1.54, 1.807) is 11.4 Å². The van der Waals surface area contributed by atoms with Crippen molar-refractivity contribution < 1.29 is 8.78 Å². The van der Waals surface area contributed by atoms with Gasteiger partial charge in [0.2, 0.25) is 0 Å². The van der Waals surface area contributed by atoms with E-state index in [2.05, 4.69) is 0 Å². The highest BCUT2D eigenvalue weighted by Crippen LogP contribution is 2.40. The lowest BCUT2D eigenvalue weighted by atomic mass is 10.1. The van der Waals surface area contributed by atoms with E-state index in [0.29, 0.717) is 15.1 Å². The molecule has 0 saturated heterocycles. The highest BCUT2D eigenvalue weighted by molar-refractivity contribution is 7.17. The molecular formula is C9H4Cl2F2S. The molecule has 0 spiro atoms. The number of halogens is 4. The van der Waals surface area contributed by atoms with Crippen molar-refractivity contribution in [2.45, 2.75) is 6.43 Å². The molecule has 0 radical (unpaired) electrons. The molecule has 0 aliphatic heterocycles. The Labute approximate surface area is 93.1 Å². The van der Waals surface area contributed by atoms with Crippen LogP contribution in [0.25, 0.3) is 10.1 Å². The van der Waals surface area contributed by atoms with Crippen LogP contribution in [0.4, 0.5) is 8.78 Å². The maximum atomic E-state index is 12.6. The Balaban J connectivity index is 2.86. The molecule has 0 atom stereocenters. The highest BCUT2D eigenvalue weighted by Gasteiger charge is 2.18. The summed E-state index contributed by atoms with van der Waals surface area (Å²) in [5.74, 6) is 0. The fourth-order valence-electron chi connectivity index (χ4n) is 1.31. The molecule has 5 heteroatoms. The van der Waals surface area contributed by atoms with Gasteiger partial charge in [0.1, 0.15) is 0 Å². The van der Waals surface area contributed by atoms with Crippen molar-refractivity contribution in [3.8, 4) is 0 Å². The maximum absolute atomic E-state index is 12.6. The van der Waals surface area contributed by atoms with Crippen LogP contribution >= 0.6 is 34.5 Å². The van der Waals surface area contributed by atoms with Gasteiger partial charge >= 0.3 is 0 Å². The van der Waals surface area contributed by atoms with Gasteiger partial charge in [0.15, 0.2) is 0 Å². The molecule has 0 fully saturated rings. The second kappa shape index (κ2) is 3.65. The van der Waals surface area contributed by atoms with Crippen molar-refractivity contribution in [3.63, 3.8) is 0 Å². The number of rotatable bonds is 1. The standard InChI is InChI=1S/C9H4Cl2F2S/c10-5-3-6(11)8-4(1-2-14-8)7(5)9(12)13/h1-3,9H. The minimum Gasteiger partial charge on any atom is -0.205 e. The number of benzene rings is 1. The largest absolute Gasteiger partial charge is 0.265 e. The van der Waals surface area contributed by atoms with E-state index in [-0.39, 0.29) is 10.6 Å². The first-order valence-corrected chi connectivity index (χ1v) is 5.38. The third-order valence-corrected chi connectivity index (χ3v) is 3.57. The molecule has 74 valence electrons. The Hall–Kier alpha value is -0.380. The maximum Gasteiger partial charge on any atom is 0.265 e. The molecule has 2 rings (SSSR count). The van der Waals surface area contributed by atoms with Gasteiger partial charge in [-0.2, -0.15) is 0 Å². The first kappa shape index (κ1) is 10.1. The molecule has 1 aromatic heterocycles. The van der Waals surface area contributed by atoms with Gasteiger partial charge in [0.05, 0.1) is 14.7 Å². The third kappa shape index (κ3) is 1.49. The molecule has 0 bridgehead atoms. The molecule has 0 N–H and O–H groups in total. The minimum absolute atomic E-state index is 0.0240. The minimum atomic E-state index is -2.57. The number of fused-ring (bicyclic) bond motifs is 1. The van der Waals surface area contributed by atoms with Gasteiger partial charge in [0, 0.05) is 10.9 Å². The van der Waals surface area contributed by atoms with Crippen LogP contribution in [0.15, 0.2) is 17.5 Å². The average molecular weight is 253 g/mol. The van der Waals surface area contributed by atoms with Crippen molar-refractivity contribution >= 4 is 44.6 Å². The van der Waals surface area contributed by atoms with Crippen LogP contribution in [0.3, 0.4) is 0 Å². The molecular weight excluding hydrogens is 249 g/mol. The van der Waals surface area contributed by atoms with Gasteiger partial charge in [0.25, 0.3) is 6.43 Å². The zero-order valence-electron chi connectivity index (χ0n) is 6.73. The summed E-state index contributed by atoms with van der Waals surface area (Å²) >= 11 is 12.9. The summed E-state index contributed by atoms with van der Waals surface area (Å²) in [6.45, 7) is 0. The van der Waals surface area contributed by atoms with Crippen LogP contribution in [0, 0.1) is 0 Å². The normalized spacial score (nSPS) is 11.5. The third-order valence-electron chi connectivity index (χ3n) is 1.90. The summed E-state index contributed by atoms with van der Waals surface area (Å²) < 4.78 is 25.9. The van der Waals surface area contributed by atoms with Crippen molar-refractivity contribution in [1.29, 1.82) is 0 Å². The molecule has 14 heavy (non-hydrogen) atoms. The smallest absolute Gasteiger partial charge is 0.205 e. The molecule has 0 aliphatic rings. The van der Waals surface area contributed by atoms with Crippen molar-refractivity contribution in [1.82, 2.24) is 0 Å². The van der Waals surface area contributed by atoms with Crippen LogP contribution in [0.1, 0.15) is 12.0 Å². The van der Waals surface area contributed by atoms with Crippen LogP contribution < -0.4 is 0 Å². The molecule has 1 heterocycles. The van der Waals surface area contributed by atoms with E-state index in [4.69, 9.17) is 23.2 Å². The molecule has 0 nitrogen and oxygen atoms in total. The Morgan fingerprint density at radius 1 is 1.21 bits per heavy atom. The van der Waals surface area contributed by atoms with Gasteiger partial charge in [-0.15, -0.1) is 11.3 Å². The quantitative estimate of drug-likeness (QED) is 0.659. The monoisotopic (exact) mass is 252 g/mol. The van der Waals surface area contributed by atoms with Crippen molar-refractivity contribution in [3.05, 3.63) is 33.1 Å². The predicted octanol–water partition coefficient (Wildman–Crippen LogP) is 5.15. The van der Waals surface area contributed by atoms with Crippen LogP contribution in [-0.2, 0) is 0 Å². The topological polar surface area (TPSA) is 0 Å². The van der Waals surface area contributed by atoms with Crippen molar-refractivity contribution in [2.75, 3.05) is 0 Å². The van der Waals surface area contributed by atoms with E-state index in [1.807, 2.05) is 0 Å². The Morgan fingerprint density at radius 3 is 2.57 bits per heavy atom. The van der Waals surface area contributed by atoms with E-state index < -0.39 is 6.43 Å². The number of hydrogen-bond donors (Lipinski definition) is 0. The molecule has 0 saturated carbocycles. The van der Waals surface area contributed by atoms with Crippen molar-refractivity contribution in [2.24, 2.45) is 0 Å². The van der Waals surface area contributed by atoms with E-state index in [9.17, 15) is 8.78 Å². The summed E-state index contributed by atoms with van der Waals surface area (Å²) in [7, 11) is 0. The van der Waals surface area contributed by atoms with E-state index in [0.717, 1.165) is 0 Å². The zero-order valence-corrected chi connectivity index (χ0v) is 9.06. The van der Waals surface area contributed by atoms with E-state index >= 15 is 0 Å². The van der Waals surface area contributed by atoms with Gasteiger partial charge in [-0.25, -0.2) is 8.78 Å². The first-order chi connectivity index (χ1) is 6.61. The van der Waals surface area contributed by atoms with Gasteiger partial charge in [-0.1, -0.05) is 23.2 Å². The summed E-state index contributed by atoms with van der Waals surface area (Å²) in [5, 5.41) is 2.61. The molecule has 0 unspecified atom stereocenters. The predicted molar refractivity (Wildman–Crippen MR) is 56.8 cm³/mol. The number of hydrogen-bond acceptors (Lipinski definition) is 1. The van der Waals surface area contributed by atoms with Gasteiger partial charge in [-0.3, -0.25) is 0 Å². The van der Waals surface area contributed by atoms with Crippen LogP contribution in [-0.4, -0.2) is 0 Å². The SMILES string of the molecule is FC(F)c1c(Cl)cc(Cl)c2sccc12. The van der Waals surface area contributed by atoms with Gasteiger partial charge in [-0.05, 0) is 17.5 Å². The number of thiophene rings is 1. The zero-order chi connectivity index (χ0) is 10.3. The second-order valence-electron chi connectivity index (χ2n) is 2.72. The van der Waals surface area contributed by atoms with E-state index in [1.165, 1.54) is 17.4 Å². The molecule has 1 aromatic carbocycles. The lowest BCUT2D eigenvalue weighted by Crippen LogP contribution is -1.87. The highest BCUT2D eigenvalue weighted by atomic mass is 35.5. The lowest BCUT2D eigenvalue weighted by molar-refractivity contribution is 0.153. The Morgan fingerprint density at radius 2 is 1.93 bits per heavy atom. The molecule has 0 amide bonds. The summed E-state index contributed by atoms with van der Waals surface area (Å²) in [5.41, 5.74) is -0.132. The number of alkyl halides is 2. The molecule has 0 aliphatic carbocycles. The van der Waals surface area contributed by atoms with Gasteiger partial charge < -0.3 is 0 Å².